The third kappa shape index (κ3) is 3.35. The average molecular weight is 206 g/mol. The lowest BCUT2D eigenvalue weighted by atomic mass is 10.1. The Morgan fingerprint density at radius 1 is 1.27 bits per heavy atom. The van der Waals surface area contributed by atoms with E-state index in [2.05, 4.69) is 10.3 Å². The van der Waals surface area contributed by atoms with E-state index in [9.17, 15) is 4.79 Å². The van der Waals surface area contributed by atoms with Gasteiger partial charge in [-0.25, -0.2) is 0 Å². The maximum Gasteiger partial charge on any atom is 0.253 e. The standard InChI is InChI=1S/C12H18N2O/c1-8-6-7-10(9(2)13-8)11(15)14-12(3,4)5/h6-7H,1-5H3,(H,14,15). The predicted octanol–water partition coefficient (Wildman–Crippen LogP) is 2.23. The van der Waals surface area contributed by atoms with Gasteiger partial charge in [-0.05, 0) is 46.8 Å². The van der Waals surface area contributed by atoms with Crippen LogP contribution in [0.5, 0.6) is 0 Å². The van der Waals surface area contributed by atoms with Gasteiger partial charge in [0.1, 0.15) is 0 Å². The molecule has 0 aliphatic heterocycles. The van der Waals surface area contributed by atoms with Crippen LogP contribution in [0.1, 0.15) is 42.5 Å². The van der Waals surface area contributed by atoms with Crippen LogP contribution in [0.2, 0.25) is 0 Å². The van der Waals surface area contributed by atoms with Crippen LogP contribution >= 0.6 is 0 Å². The largest absolute Gasteiger partial charge is 0.347 e. The molecule has 0 aliphatic rings. The van der Waals surface area contributed by atoms with E-state index in [0.717, 1.165) is 11.4 Å². The lowest BCUT2D eigenvalue weighted by molar-refractivity contribution is 0.0918. The molecular formula is C12H18N2O. The SMILES string of the molecule is Cc1ccc(C(=O)NC(C)(C)C)c(C)n1. The normalized spacial score (nSPS) is 11.3. The number of carbonyl (C=O) groups excluding carboxylic acids is 1. The zero-order valence-electron chi connectivity index (χ0n) is 10.0. The Morgan fingerprint density at radius 2 is 1.87 bits per heavy atom. The van der Waals surface area contributed by atoms with Gasteiger partial charge in [0, 0.05) is 11.2 Å². The fourth-order valence-corrected chi connectivity index (χ4v) is 1.33. The summed E-state index contributed by atoms with van der Waals surface area (Å²) in [7, 11) is 0. The number of amides is 1. The highest BCUT2D eigenvalue weighted by Gasteiger charge is 2.16. The van der Waals surface area contributed by atoms with Crippen LogP contribution in [0.25, 0.3) is 0 Å². The molecule has 82 valence electrons. The van der Waals surface area contributed by atoms with Gasteiger partial charge in [0.15, 0.2) is 0 Å². The highest BCUT2D eigenvalue weighted by molar-refractivity contribution is 5.95. The van der Waals surface area contributed by atoms with E-state index >= 15 is 0 Å². The third-order valence-corrected chi connectivity index (χ3v) is 1.96. The van der Waals surface area contributed by atoms with Crippen LogP contribution in [0, 0.1) is 13.8 Å². The van der Waals surface area contributed by atoms with Crippen LogP contribution in [-0.2, 0) is 0 Å². The smallest absolute Gasteiger partial charge is 0.253 e. The van der Waals surface area contributed by atoms with Crippen molar-refractivity contribution < 1.29 is 4.79 Å². The van der Waals surface area contributed by atoms with Crippen LogP contribution in [-0.4, -0.2) is 16.4 Å². The summed E-state index contributed by atoms with van der Waals surface area (Å²) in [4.78, 5) is 16.1. The molecule has 1 aromatic heterocycles. The quantitative estimate of drug-likeness (QED) is 0.765. The van der Waals surface area contributed by atoms with Gasteiger partial charge < -0.3 is 5.32 Å². The molecule has 0 unspecified atom stereocenters. The molecular weight excluding hydrogens is 188 g/mol. The minimum atomic E-state index is -0.214. The van der Waals surface area contributed by atoms with Crippen molar-refractivity contribution in [1.82, 2.24) is 10.3 Å². The molecule has 3 heteroatoms. The lowest BCUT2D eigenvalue weighted by Gasteiger charge is -2.21. The number of nitrogens with zero attached hydrogens (tertiary/aromatic N) is 1. The molecule has 1 amide bonds. The summed E-state index contributed by atoms with van der Waals surface area (Å²) in [6, 6.07) is 3.67. The second-order valence-electron chi connectivity index (χ2n) is 4.79. The number of carbonyl (C=O) groups is 1. The molecule has 0 saturated carbocycles. The Morgan fingerprint density at radius 3 is 2.33 bits per heavy atom. The first-order valence-electron chi connectivity index (χ1n) is 5.06. The third-order valence-electron chi connectivity index (χ3n) is 1.96. The Kier molecular flexibility index (Phi) is 3.12. The van der Waals surface area contributed by atoms with E-state index in [4.69, 9.17) is 0 Å². The Balaban J connectivity index is 2.92. The number of aryl methyl sites for hydroxylation is 2. The lowest BCUT2D eigenvalue weighted by Crippen LogP contribution is -2.40. The Hall–Kier alpha value is -1.38. The molecule has 0 radical (unpaired) electrons. The fourth-order valence-electron chi connectivity index (χ4n) is 1.33. The summed E-state index contributed by atoms with van der Waals surface area (Å²) in [6.45, 7) is 9.65. The van der Waals surface area contributed by atoms with Gasteiger partial charge in [-0.1, -0.05) is 0 Å². The zero-order valence-corrected chi connectivity index (χ0v) is 10.0. The molecule has 1 aromatic rings. The molecule has 0 aliphatic carbocycles. The Labute approximate surface area is 90.9 Å². The van der Waals surface area contributed by atoms with Crippen molar-refractivity contribution in [2.75, 3.05) is 0 Å². The first-order chi connectivity index (χ1) is 6.79. The molecule has 0 bridgehead atoms. The second-order valence-corrected chi connectivity index (χ2v) is 4.79. The molecule has 0 spiro atoms. The zero-order chi connectivity index (χ0) is 11.6. The molecule has 0 fully saturated rings. The van der Waals surface area contributed by atoms with Crippen molar-refractivity contribution >= 4 is 5.91 Å². The highest BCUT2D eigenvalue weighted by atomic mass is 16.1. The van der Waals surface area contributed by atoms with Crippen molar-refractivity contribution in [2.45, 2.75) is 40.2 Å². The predicted molar refractivity (Wildman–Crippen MR) is 60.9 cm³/mol. The van der Waals surface area contributed by atoms with Crippen LogP contribution < -0.4 is 5.32 Å². The first-order valence-corrected chi connectivity index (χ1v) is 5.06. The summed E-state index contributed by atoms with van der Waals surface area (Å²) in [5, 5.41) is 2.92. The number of hydrogen-bond donors (Lipinski definition) is 1. The molecule has 1 rings (SSSR count). The van der Waals surface area contributed by atoms with Crippen molar-refractivity contribution in [1.29, 1.82) is 0 Å². The van der Waals surface area contributed by atoms with Gasteiger partial charge in [0.25, 0.3) is 5.91 Å². The van der Waals surface area contributed by atoms with Gasteiger partial charge >= 0.3 is 0 Å². The van der Waals surface area contributed by atoms with Crippen molar-refractivity contribution in [2.24, 2.45) is 0 Å². The van der Waals surface area contributed by atoms with E-state index in [1.165, 1.54) is 0 Å². The summed E-state index contributed by atoms with van der Waals surface area (Å²) in [6.07, 6.45) is 0. The minimum Gasteiger partial charge on any atom is -0.347 e. The summed E-state index contributed by atoms with van der Waals surface area (Å²) in [5.74, 6) is -0.0625. The number of nitrogens with one attached hydrogen (secondary N) is 1. The molecule has 15 heavy (non-hydrogen) atoms. The molecule has 1 N–H and O–H groups in total. The number of rotatable bonds is 1. The van der Waals surface area contributed by atoms with Crippen molar-refractivity contribution in [3.8, 4) is 0 Å². The second kappa shape index (κ2) is 4.01. The number of pyridine rings is 1. The minimum absolute atomic E-state index is 0.0625. The van der Waals surface area contributed by atoms with Crippen LogP contribution in [0.15, 0.2) is 12.1 Å². The summed E-state index contributed by atoms with van der Waals surface area (Å²) < 4.78 is 0. The number of hydrogen-bond acceptors (Lipinski definition) is 2. The van der Waals surface area contributed by atoms with Crippen molar-refractivity contribution in [3.63, 3.8) is 0 Å². The molecule has 0 saturated heterocycles. The van der Waals surface area contributed by atoms with Gasteiger partial charge in [-0.3, -0.25) is 9.78 Å². The average Bonchev–Trinajstić information content (AvgIpc) is 1.99. The Bertz CT molecular complexity index is 378. The van der Waals surface area contributed by atoms with Crippen LogP contribution in [0.4, 0.5) is 0 Å². The topological polar surface area (TPSA) is 42.0 Å². The van der Waals surface area contributed by atoms with E-state index in [1.807, 2.05) is 46.8 Å². The number of aromatic nitrogens is 1. The van der Waals surface area contributed by atoms with E-state index in [-0.39, 0.29) is 11.4 Å². The maximum atomic E-state index is 11.8. The summed E-state index contributed by atoms with van der Waals surface area (Å²) in [5.41, 5.74) is 2.14. The van der Waals surface area contributed by atoms with E-state index in [0.29, 0.717) is 5.56 Å². The highest BCUT2D eigenvalue weighted by Crippen LogP contribution is 2.08. The van der Waals surface area contributed by atoms with Gasteiger partial charge in [-0.2, -0.15) is 0 Å². The molecule has 3 nitrogen and oxygen atoms in total. The van der Waals surface area contributed by atoms with E-state index < -0.39 is 0 Å². The van der Waals surface area contributed by atoms with Gasteiger partial charge in [-0.15, -0.1) is 0 Å². The molecule has 1 heterocycles. The monoisotopic (exact) mass is 206 g/mol. The summed E-state index contributed by atoms with van der Waals surface area (Å²) >= 11 is 0. The fraction of sp³-hybridized carbons (Fsp3) is 0.500. The molecule has 0 aromatic carbocycles. The maximum absolute atomic E-state index is 11.8. The van der Waals surface area contributed by atoms with Gasteiger partial charge in [0.05, 0.1) is 11.3 Å². The van der Waals surface area contributed by atoms with Crippen molar-refractivity contribution in [3.05, 3.63) is 29.1 Å². The van der Waals surface area contributed by atoms with Gasteiger partial charge in [0.2, 0.25) is 0 Å². The molecule has 0 atom stereocenters. The first kappa shape index (κ1) is 11.7. The van der Waals surface area contributed by atoms with E-state index in [1.54, 1.807) is 0 Å². The van der Waals surface area contributed by atoms with Crippen LogP contribution in [0.3, 0.4) is 0 Å².